The lowest BCUT2D eigenvalue weighted by molar-refractivity contribution is 0.504. The highest BCUT2D eigenvalue weighted by Crippen LogP contribution is 2.36. The van der Waals surface area contributed by atoms with E-state index in [4.69, 9.17) is 9.98 Å². The molecule has 0 spiro atoms. The van der Waals surface area contributed by atoms with E-state index in [0.717, 1.165) is 45.6 Å². The first-order valence-electron chi connectivity index (χ1n) is 10.1. The van der Waals surface area contributed by atoms with Crippen LogP contribution in [0.25, 0.3) is 12.2 Å². The van der Waals surface area contributed by atoms with Gasteiger partial charge in [0.1, 0.15) is 0 Å². The van der Waals surface area contributed by atoms with Crippen LogP contribution in [-0.4, -0.2) is 16.4 Å². The molecule has 0 saturated heterocycles. The minimum absolute atomic E-state index is 0.329. The largest absolute Gasteiger partial charge is 0.372 e. The lowest BCUT2D eigenvalue weighted by Crippen LogP contribution is -2.35. The van der Waals surface area contributed by atoms with Crippen LogP contribution in [0.5, 0.6) is 0 Å². The summed E-state index contributed by atoms with van der Waals surface area (Å²) in [7, 11) is 0. The SMILES string of the molecule is C1=CC2=NC1=CC1=CCC(c3ccccc3)(C=C3C=CC(=N3)C=c3ccc([nH]3)=C2)N1. The summed E-state index contributed by atoms with van der Waals surface area (Å²) in [6, 6.07) is 14.7. The molecule has 30 heavy (non-hydrogen) atoms. The van der Waals surface area contributed by atoms with Gasteiger partial charge in [-0.1, -0.05) is 36.4 Å². The molecule has 2 aromatic rings. The van der Waals surface area contributed by atoms with Gasteiger partial charge in [-0.2, -0.15) is 0 Å². The maximum absolute atomic E-state index is 4.85. The van der Waals surface area contributed by atoms with Crippen molar-refractivity contribution >= 4 is 23.6 Å². The van der Waals surface area contributed by atoms with Crippen LogP contribution in [0.2, 0.25) is 0 Å². The molecule has 8 bridgehead atoms. The summed E-state index contributed by atoms with van der Waals surface area (Å²) in [6.07, 6.45) is 19.8. The van der Waals surface area contributed by atoms with Crippen molar-refractivity contribution in [2.45, 2.75) is 12.0 Å². The van der Waals surface area contributed by atoms with Crippen molar-refractivity contribution in [1.82, 2.24) is 10.3 Å². The highest BCUT2D eigenvalue weighted by molar-refractivity contribution is 6.20. The number of benzene rings is 1. The van der Waals surface area contributed by atoms with Crippen molar-refractivity contribution in [2.75, 3.05) is 0 Å². The second-order valence-electron chi connectivity index (χ2n) is 7.86. The molecular formula is C26H20N4. The van der Waals surface area contributed by atoms with Gasteiger partial charge >= 0.3 is 0 Å². The molecule has 4 heteroatoms. The number of rotatable bonds is 1. The monoisotopic (exact) mass is 388 g/mol. The second-order valence-corrected chi connectivity index (χ2v) is 7.86. The fraction of sp³-hybridized carbons (Fsp3) is 0.0769. The smallest absolute Gasteiger partial charge is 0.0868 e. The Kier molecular flexibility index (Phi) is 3.71. The van der Waals surface area contributed by atoms with E-state index < -0.39 is 0 Å². The molecule has 4 aliphatic heterocycles. The first kappa shape index (κ1) is 17.0. The van der Waals surface area contributed by atoms with E-state index in [0.29, 0.717) is 0 Å². The van der Waals surface area contributed by atoms with Crippen molar-refractivity contribution in [1.29, 1.82) is 0 Å². The lowest BCUT2D eigenvalue weighted by atomic mass is 9.87. The Labute approximate surface area is 174 Å². The predicted octanol–water partition coefficient (Wildman–Crippen LogP) is 3.15. The Morgan fingerprint density at radius 1 is 0.733 bits per heavy atom. The summed E-state index contributed by atoms with van der Waals surface area (Å²) in [5, 5.41) is 5.80. The van der Waals surface area contributed by atoms with Gasteiger partial charge in [-0.05, 0) is 72.7 Å². The molecule has 4 nitrogen and oxygen atoms in total. The number of allylic oxidation sites excluding steroid dienone is 5. The Bertz CT molecular complexity index is 1370. The van der Waals surface area contributed by atoms with Gasteiger partial charge in [0.25, 0.3) is 0 Å². The van der Waals surface area contributed by atoms with Gasteiger partial charge in [-0.25, -0.2) is 9.98 Å². The maximum atomic E-state index is 4.85. The summed E-state index contributed by atoms with van der Waals surface area (Å²) in [4.78, 5) is 13.0. The van der Waals surface area contributed by atoms with Crippen LogP contribution in [-0.2, 0) is 5.54 Å². The summed E-state index contributed by atoms with van der Waals surface area (Å²) in [6.45, 7) is 0. The molecule has 0 radical (unpaired) electrons. The van der Waals surface area contributed by atoms with Crippen LogP contribution >= 0.6 is 0 Å². The number of nitrogens with one attached hydrogen (secondary N) is 2. The highest BCUT2D eigenvalue weighted by atomic mass is 15.0. The molecule has 144 valence electrons. The van der Waals surface area contributed by atoms with Crippen LogP contribution in [0.4, 0.5) is 0 Å². The van der Waals surface area contributed by atoms with Crippen molar-refractivity contribution in [3.63, 3.8) is 0 Å². The van der Waals surface area contributed by atoms with Gasteiger partial charge in [-0.3, -0.25) is 0 Å². The predicted molar refractivity (Wildman–Crippen MR) is 122 cm³/mol. The van der Waals surface area contributed by atoms with E-state index in [9.17, 15) is 0 Å². The average Bonchev–Trinajstić information content (AvgIpc) is 3.54. The molecule has 2 N–H and O–H groups in total. The minimum atomic E-state index is -0.329. The second kappa shape index (κ2) is 6.56. The Morgan fingerprint density at radius 3 is 2.20 bits per heavy atom. The molecule has 0 fully saturated rings. The zero-order chi connectivity index (χ0) is 20.0. The van der Waals surface area contributed by atoms with Crippen LogP contribution in [0.15, 0.2) is 112 Å². The van der Waals surface area contributed by atoms with Gasteiger partial charge in [0, 0.05) is 16.4 Å². The summed E-state index contributed by atoms with van der Waals surface area (Å²) in [5.41, 5.74) is 5.76. The molecule has 5 heterocycles. The number of hydrogen-bond acceptors (Lipinski definition) is 3. The minimum Gasteiger partial charge on any atom is -0.372 e. The van der Waals surface area contributed by atoms with E-state index in [2.05, 4.69) is 101 Å². The van der Waals surface area contributed by atoms with E-state index in [1.807, 2.05) is 6.08 Å². The number of aromatic amines is 1. The van der Waals surface area contributed by atoms with Gasteiger partial charge in [0.05, 0.1) is 28.4 Å². The third-order valence-electron chi connectivity index (χ3n) is 5.70. The summed E-state index contributed by atoms with van der Waals surface area (Å²) in [5.74, 6) is 0. The van der Waals surface area contributed by atoms with Gasteiger partial charge in [-0.15, -0.1) is 0 Å². The maximum Gasteiger partial charge on any atom is 0.0868 e. The van der Waals surface area contributed by atoms with Crippen molar-refractivity contribution in [2.24, 2.45) is 9.98 Å². The molecule has 4 aliphatic rings. The first-order valence-corrected chi connectivity index (χ1v) is 10.1. The topological polar surface area (TPSA) is 52.5 Å². The molecule has 1 aromatic carbocycles. The molecule has 1 aromatic heterocycles. The van der Waals surface area contributed by atoms with E-state index in [1.165, 1.54) is 5.56 Å². The van der Waals surface area contributed by atoms with E-state index in [-0.39, 0.29) is 5.54 Å². The van der Waals surface area contributed by atoms with E-state index >= 15 is 0 Å². The lowest BCUT2D eigenvalue weighted by Gasteiger charge is -2.28. The fourth-order valence-corrected chi connectivity index (χ4v) is 4.27. The molecule has 0 saturated carbocycles. The Morgan fingerprint density at radius 2 is 1.43 bits per heavy atom. The van der Waals surface area contributed by atoms with Crippen molar-refractivity contribution < 1.29 is 0 Å². The standard InChI is InChI=1S/C26H20N4/c1-2-4-18(5-3-1)26-13-12-24(30-26)16-23-9-8-20(28-23)14-19-6-7-21(27-19)15-22-10-11-25(17-26)29-22/h1-12,14-17,27,30H,13H2. The van der Waals surface area contributed by atoms with Crippen molar-refractivity contribution in [3.8, 4) is 0 Å². The van der Waals surface area contributed by atoms with Gasteiger partial charge in [0.2, 0.25) is 0 Å². The number of nitrogens with zero attached hydrogens (tertiary/aromatic N) is 2. The number of aliphatic imine (C=N–C) groups is 2. The normalized spacial score (nSPS) is 23.5. The van der Waals surface area contributed by atoms with Crippen LogP contribution in [0.3, 0.4) is 0 Å². The Hall–Kier alpha value is -3.92. The number of aromatic nitrogens is 1. The molecular weight excluding hydrogens is 368 g/mol. The molecule has 0 aliphatic carbocycles. The number of hydrogen-bond donors (Lipinski definition) is 2. The fourth-order valence-electron chi connectivity index (χ4n) is 4.27. The Balaban J connectivity index is 1.54. The molecule has 1 atom stereocenters. The van der Waals surface area contributed by atoms with Gasteiger partial charge < -0.3 is 10.3 Å². The third-order valence-corrected chi connectivity index (χ3v) is 5.70. The van der Waals surface area contributed by atoms with E-state index in [1.54, 1.807) is 0 Å². The van der Waals surface area contributed by atoms with Gasteiger partial charge in [0.15, 0.2) is 0 Å². The number of H-pyrrole nitrogens is 1. The summed E-state index contributed by atoms with van der Waals surface area (Å²) < 4.78 is 0. The van der Waals surface area contributed by atoms with Crippen LogP contribution in [0.1, 0.15) is 12.0 Å². The number of fused-ring (bicyclic) bond motifs is 6. The summed E-state index contributed by atoms with van der Waals surface area (Å²) >= 11 is 0. The molecule has 1 unspecified atom stereocenters. The zero-order valence-corrected chi connectivity index (χ0v) is 16.3. The average molecular weight is 388 g/mol. The molecule has 0 amide bonds. The first-order chi connectivity index (χ1) is 14.7. The zero-order valence-electron chi connectivity index (χ0n) is 16.3. The van der Waals surface area contributed by atoms with Crippen LogP contribution < -0.4 is 16.0 Å². The highest BCUT2D eigenvalue weighted by Gasteiger charge is 2.34. The molecule has 6 rings (SSSR count). The quantitative estimate of drug-likeness (QED) is 0.775. The van der Waals surface area contributed by atoms with Crippen LogP contribution in [0, 0.1) is 0 Å². The van der Waals surface area contributed by atoms with Crippen molar-refractivity contribution in [3.05, 3.63) is 118 Å². The third kappa shape index (κ3) is 3.03.